The molecular formula is C16H12F2N2O. The predicted octanol–water partition coefficient (Wildman–Crippen LogP) is 4.24. The topological polar surface area (TPSA) is 35.0 Å². The first-order valence-corrected chi connectivity index (χ1v) is 6.37. The van der Waals surface area contributed by atoms with Gasteiger partial charge in [-0.2, -0.15) is 0 Å². The van der Waals surface area contributed by atoms with Crippen molar-refractivity contribution in [2.24, 2.45) is 0 Å². The number of benzene rings is 1. The van der Waals surface area contributed by atoms with Gasteiger partial charge in [-0.25, -0.2) is 8.78 Å². The van der Waals surface area contributed by atoms with Gasteiger partial charge in [-0.15, -0.1) is 0 Å². The molecule has 0 bridgehead atoms. The van der Waals surface area contributed by atoms with Crippen molar-refractivity contribution in [2.75, 3.05) is 7.11 Å². The number of methoxy groups -OCH3 is 1. The van der Waals surface area contributed by atoms with Gasteiger partial charge in [-0.05, 0) is 42.0 Å². The van der Waals surface area contributed by atoms with Crippen molar-refractivity contribution < 1.29 is 13.5 Å². The lowest BCUT2D eigenvalue weighted by Crippen LogP contribution is -1.93. The molecule has 0 saturated carbocycles. The smallest absolute Gasteiger partial charge is 0.280 e. The molecule has 0 unspecified atom stereocenters. The molecule has 0 atom stereocenters. The zero-order valence-corrected chi connectivity index (χ0v) is 11.3. The normalized spacial score (nSPS) is 11.0. The summed E-state index contributed by atoms with van der Waals surface area (Å²) in [6.07, 6.45) is 0.457. The van der Waals surface area contributed by atoms with E-state index in [-0.39, 0.29) is 5.69 Å². The van der Waals surface area contributed by atoms with Crippen molar-refractivity contribution in [2.45, 2.75) is 6.43 Å². The van der Waals surface area contributed by atoms with E-state index in [2.05, 4.69) is 9.97 Å². The molecule has 3 aromatic rings. The first kappa shape index (κ1) is 13.4. The van der Waals surface area contributed by atoms with Gasteiger partial charge in [0.15, 0.2) is 0 Å². The second kappa shape index (κ2) is 5.44. The maximum Gasteiger partial charge on any atom is 0.280 e. The summed E-state index contributed by atoms with van der Waals surface area (Å²) in [4.78, 5) is 8.04. The molecule has 0 fully saturated rings. The fraction of sp³-hybridized carbons (Fsp3) is 0.125. The van der Waals surface area contributed by atoms with Crippen LogP contribution in [0.2, 0.25) is 0 Å². The van der Waals surface area contributed by atoms with Crippen LogP contribution < -0.4 is 4.74 Å². The van der Waals surface area contributed by atoms with E-state index in [4.69, 9.17) is 4.74 Å². The van der Waals surface area contributed by atoms with Gasteiger partial charge >= 0.3 is 0 Å². The highest BCUT2D eigenvalue weighted by Gasteiger charge is 2.13. The Kier molecular flexibility index (Phi) is 3.48. The van der Waals surface area contributed by atoms with E-state index in [9.17, 15) is 8.78 Å². The van der Waals surface area contributed by atoms with Crippen molar-refractivity contribution in [3.05, 3.63) is 54.5 Å². The van der Waals surface area contributed by atoms with Gasteiger partial charge in [0, 0.05) is 23.3 Å². The molecule has 0 aliphatic carbocycles. The SMILES string of the molecule is COc1ccc(-c2ccnc(C(F)F)c2)c2ncccc12. The lowest BCUT2D eigenvalue weighted by atomic mass is 10.0. The molecule has 2 aromatic heterocycles. The summed E-state index contributed by atoms with van der Waals surface area (Å²) in [6.45, 7) is 0. The molecule has 5 heteroatoms. The maximum absolute atomic E-state index is 12.8. The highest BCUT2D eigenvalue weighted by molar-refractivity contribution is 5.97. The highest BCUT2D eigenvalue weighted by atomic mass is 19.3. The molecule has 0 radical (unpaired) electrons. The summed E-state index contributed by atoms with van der Waals surface area (Å²) in [6, 6.07) is 10.4. The molecule has 0 N–H and O–H groups in total. The quantitative estimate of drug-likeness (QED) is 0.722. The van der Waals surface area contributed by atoms with Crippen LogP contribution in [0, 0.1) is 0 Å². The third-order valence-electron chi connectivity index (χ3n) is 3.27. The summed E-state index contributed by atoms with van der Waals surface area (Å²) in [5, 5.41) is 0.841. The van der Waals surface area contributed by atoms with Crippen LogP contribution in [-0.4, -0.2) is 17.1 Å². The summed E-state index contributed by atoms with van der Waals surface area (Å²) in [5.41, 5.74) is 1.90. The number of ether oxygens (including phenoxy) is 1. The minimum Gasteiger partial charge on any atom is -0.496 e. The zero-order valence-electron chi connectivity index (χ0n) is 11.3. The number of alkyl halides is 2. The Morgan fingerprint density at radius 1 is 1.05 bits per heavy atom. The van der Waals surface area contributed by atoms with Gasteiger partial charge in [-0.1, -0.05) is 0 Å². The molecule has 0 amide bonds. The standard InChI is InChI=1S/C16H12F2N2O/c1-21-14-5-4-11(15-12(14)3-2-7-20-15)10-6-8-19-13(9-10)16(17)18/h2-9,16H,1H3. The highest BCUT2D eigenvalue weighted by Crippen LogP contribution is 2.33. The van der Waals surface area contributed by atoms with E-state index in [1.54, 1.807) is 19.4 Å². The van der Waals surface area contributed by atoms with E-state index >= 15 is 0 Å². The van der Waals surface area contributed by atoms with Crippen molar-refractivity contribution in [1.82, 2.24) is 9.97 Å². The van der Waals surface area contributed by atoms with E-state index in [0.717, 1.165) is 10.9 Å². The molecule has 3 rings (SSSR count). The fourth-order valence-corrected chi connectivity index (χ4v) is 2.29. The molecule has 0 aliphatic heterocycles. The molecule has 0 aliphatic rings. The number of nitrogens with zero attached hydrogens (tertiary/aromatic N) is 2. The largest absolute Gasteiger partial charge is 0.496 e. The van der Waals surface area contributed by atoms with Crippen LogP contribution in [0.25, 0.3) is 22.0 Å². The second-order valence-corrected chi connectivity index (χ2v) is 4.49. The number of fused-ring (bicyclic) bond motifs is 1. The van der Waals surface area contributed by atoms with E-state index in [1.165, 1.54) is 12.3 Å². The average molecular weight is 286 g/mol. The summed E-state index contributed by atoms with van der Waals surface area (Å²) >= 11 is 0. The number of pyridine rings is 2. The van der Waals surface area contributed by atoms with Gasteiger partial charge in [0.2, 0.25) is 0 Å². The van der Waals surface area contributed by atoms with Crippen LogP contribution >= 0.6 is 0 Å². The Morgan fingerprint density at radius 3 is 2.67 bits per heavy atom. The van der Waals surface area contributed by atoms with Gasteiger partial charge in [0.05, 0.1) is 12.6 Å². The lowest BCUT2D eigenvalue weighted by molar-refractivity contribution is 0.146. The Labute approximate surface area is 120 Å². The molecule has 2 heterocycles. The minimum atomic E-state index is -2.59. The maximum atomic E-state index is 12.8. The first-order valence-electron chi connectivity index (χ1n) is 6.37. The van der Waals surface area contributed by atoms with Crippen molar-refractivity contribution >= 4 is 10.9 Å². The predicted molar refractivity (Wildman–Crippen MR) is 76.5 cm³/mol. The monoisotopic (exact) mass is 286 g/mol. The minimum absolute atomic E-state index is 0.243. The first-order chi connectivity index (χ1) is 10.2. The summed E-state index contributed by atoms with van der Waals surface area (Å²) in [5.74, 6) is 0.699. The van der Waals surface area contributed by atoms with Crippen LogP contribution in [0.5, 0.6) is 5.75 Å². The average Bonchev–Trinajstić information content (AvgIpc) is 2.54. The Hall–Kier alpha value is -2.56. The molecule has 0 spiro atoms. The molecular weight excluding hydrogens is 274 g/mol. The summed E-state index contributed by atoms with van der Waals surface area (Å²) in [7, 11) is 1.59. The van der Waals surface area contributed by atoms with Crippen molar-refractivity contribution in [1.29, 1.82) is 0 Å². The van der Waals surface area contributed by atoms with Gasteiger partial charge in [0.1, 0.15) is 11.4 Å². The van der Waals surface area contributed by atoms with Crippen molar-refractivity contribution in [3.8, 4) is 16.9 Å². The lowest BCUT2D eigenvalue weighted by Gasteiger charge is -2.10. The fourth-order valence-electron chi connectivity index (χ4n) is 2.29. The summed E-state index contributed by atoms with van der Waals surface area (Å²) < 4.78 is 30.9. The third kappa shape index (κ3) is 2.42. The van der Waals surface area contributed by atoms with Crippen molar-refractivity contribution in [3.63, 3.8) is 0 Å². The Balaban J connectivity index is 2.24. The Morgan fingerprint density at radius 2 is 1.90 bits per heavy atom. The van der Waals surface area contributed by atoms with Gasteiger partial charge in [0.25, 0.3) is 6.43 Å². The number of hydrogen-bond acceptors (Lipinski definition) is 3. The van der Waals surface area contributed by atoms with Gasteiger partial charge in [-0.3, -0.25) is 9.97 Å². The van der Waals surface area contributed by atoms with E-state index < -0.39 is 6.43 Å². The van der Waals surface area contributed by atoms with Gasteiger partial charge < -0.3 is 4.74 Å². The van der Waals surface area contributed by atoms with Crippen LogP contribution in [0.1, 0.15) is 12.1 Å². The second-order valence-electron chi connectivity index (χ2n) is 4.49. The molecule has 1 aromatic carbocycles. The molecule has 21 heavy (non-hydrogen) atoms. The van der Waals surface area contributed by atoms with Crippen LogP contribution in [0.4, 0.5) is 8.78 Å². The molecule has 0 saturated heterocycles. The third-order valence-corrected chi connectivity index (χ3v) is 3.27. The van der Waals surface area contributed by atoms with E-state index in [1.807, 2.05) is 24.3 Å². The number of hydrogen-bond donors (Lipinski definition) is 0. The number of halogens is 2. The van der Waals surface area contributed by atoms with E-state index in [0.29, 0.717) is 16.8 Å². The molecule has 3 nitrogen and oxygen atoms in total. The number of aromatic nitrogens is 2. The zero-order chi connectivity index (χ0) is 14.8. The van der Waals surface area contributed by atoms with Crippen LogP contribution in [0.15, 0.2) is 48.8 Å². The van der Waals surface area contributed by atoms with Crippen LogP contribution in [-0.2, 0) is 0 Å². The number of rotatable bonds is 3. The van der Waals surface area contributed by atoms with Crippen LogP contribution in [0.3, 0.4) is 0 Å². The molecule has 106 valence electrons. The Bertz CT molecular complexity index is 790.